The number of hydrogen-bond acceptors (Lipinski definition) is 4. The van der Waals surface area contributed by atoms with Gasteiger partial charge in [0, 0.05) is 6.54 Å². The van der Waals surface area contributed by atoms with Crippen LogP contribution in [0.2, 0.25) is 0 Å². The van der Waals surface area contributed by atoms with Crippen molar-refractivity contribution < 1.29 is 19.1 Å². The summed E-state index contributed by atoms with van der Waals surface area (Å²) in [7, 11) is 0. The van der Waals surface area contributed by atoms with Crippen LogP contribution in [-0.4, -0.2) is 48.2 Å². The highest BCUT2D eigenvalue weighted by molar-refractivity contribution is 5.74. The second-order valence-electron chi connectivity index (χ2n) is 4.88. The van der Waals surface area contributed by atoms with Gasteiger partial charge in [-0.2, -0.15) is 0 Å². The number of amides is 1. The molecular weight excluding hydrogens is 210 g/mol. The molecule has 1 heterocycles. The molecule has 1 amide bonds. The van der Waals surface area contributed by atoms with Gasteiger partial charge in [0.1, 0.15) is 17.9 Å². The van der Waals surface area contributed by atoms with E-state index in [4.69, 9.17) is 9.47 Å². The van der Waals surface area contributed by atoms with Gasteiger partial charge in [-0.25, -0.2) is 4.79 Å². The van der Waals surface area contributed by atoms with Gasteiger partial charge in [0.05, 0.1) is 12.7 Å². The Hall–Kier alpha value is -1.10. The van der Waals surface area contributed by atoms with E-state index in [1.54, 1.807) is 27.7 Å². The van der Waals surface area contributed by atoms with Crippen LogP contribution in [0.25, 0.3) is 0 Å². The number of rotatable bonds is 1. The Balaban J connectivity index is 2.69. The van der Waals surface area contributed by atoms with Crippen molar-refractivity contribution >= 4 is 12.4 Å². The normalized spacial score (nSPS) is 26.4. The summed E-state index contributed by atoms with van der Waals surface area (Å²) in [6, 6.07) is -0.552. The second kappa shape index (κ2) is 4.82. The van der Waals surface area contributed by atoms with Crippen LogP contribution in [0.1, 0.15) is 27.7 Å². The standard InChI is InChI=1S/C11H19NO4/c1-8-9(7-13)12(5-6-15-8)10(14)16-11(2,3)4/h7-9H,5-6H2,1-4H3/t8-,9-/m0/s1. The first kappa shape index (κ1) is 13.0. The van der Waals surface area contributed by atoms with Gasteiger partial charge < -0.3 is 14.3 Å². The lowest BCUT2D eigenvalue weighted by atomic mass is 10.1. The van der Waals surface area contributed by atoms with Gasteiger partial charge in [0.25, 0.3) is 0 Å². The summed E-state index contributed by atoms with van der Waals surface area (Å²) in [5.74, 6) is 0. The monoisotopic (exact) mass is 229 g/mol. The maximum absolute atomic E-state index is 11.8. The average Bonchev–Trinajstić information content (AvgIpc) is 2.14. The van der Waals surface area contributed by atoms with Crippen molar-refractivity contribution in [3.05, 3.63) is 0 Å². The lowest BCUT2D eigenvalue weighted by Crippen LogP contribution is -2.54. The number of ether oxygens (including phenoxy) is 2. The van der Waals surface area contributed by atoms with Gasteiger partial charge >= 0.3 is 6.09 Å². The molecule has 1 saturated heterocycles. The first-order valence-electron chi connectivity index (χ1n) is 5.41. The number of nitrogens with zero attached hydrogens (tertiary/aromatic N) is 1. The van der Waals surface area contributed by atoms with E-state index in [-0.39, 0.29) is 6.10 Å². The molecule has 92 valence electrons. The molecule has 0 spiro atoms. The molecule has 0 aromatic carbocycles. The molecule has 1 aliphatic heterocycles. The fraction of sp³-hybridized carbons (Fsp3) is 0.818. The van der Waals surface area contributed by atoms with Crippen molar-refractivity contribution in [1.29, 1.82) is 0 Å². The van der Waals surface area contributed by atoms with Crippen LogP contribution >= 0.6 is 0 Å². The number of morpholine rings is 1. The Morgan fingerprint density at radius 2 is 2.12 bits per heavy atom. The molecule has 0 aromatic heterocycles. The van der Waals surface area contributed by atoms with E-state index < -0.39 is 17.7 Å². The fourth-order valence-electron chi connectivity index (χ4n) is 1.56. The van der Waals surface area contributed by atoms with E-state index in [9.17, 15) is 9.59 Å². The van der Waals surface area contributed by atoms with Crippen LogP contribution in [0.3, 0.4) is 0 Å². The van der Waals surface area contributed by atoms with Gasteiger partial charge in [-0.1, -0.05) is 0 Å². The van der Waals surface area contributed by atoms with E-state index in [1.807, 2.05) is 0 Å². The van der Waals surface area contributed by atoms with E-state index in [0.29, 0.717) is 13.2 Å². The molecule has 1 fully saturated rings. The third-order valence-corrected chi connectivity index (χ3v) is 2.32. The summed E-state index contributed by atoms with van der Waals surface area (Å²) in [5.41, 5.74) is -0.550. The van der Waals surface area contributed by atoms with Gasteiger partial charge in [-0.05, 0) is 27.7 Å². The van der Waals surface area contributed by atoms with Crippen LogP contribution in [0.4, 0.5) is 4.79 Å². The zero-order valence-corrected chi connectivity index (χ0v) is 10.2. The lowest BCUT2D eigenvalue weighted by molar-refractivity contribution is -0.124. The van der Waals surface area contributed by atoms with Crippen LogP contribution in [0.15, 0.2) is 0 Å². The maximum atomic E-state index is 11.8. The van der Waals surface area contributed by atoms with E-state index in [1.165, 1.54) is 4.90 Å². The van der Waals surface area contributed by atoms with Crippen molar-refractivity contribution in [2.24, 2.45) is 0 Å². The molecule has 0 aromatic rings. The number of carbonyl (C=O) groups is 2. The molecule has 1 aliphatic rings. The molecule has 16 heavy (non-hydrogen) atoms. The topological polar surface area (TPSA) is 55.8 Å². The zero-order chi connectivity index (χ0) is 12.3. The first-order valence-corrected chi connectivity index (χ1v) is 5.41. The molecule has 1 rings (SSSR count). The zero-order valence-electron chi connectivity index (χ0n) is 10.2. The van der Waals surface area contributed by atoms with Crippen molar-refractivity contribution in [2.45, 2.75) is 45.4 Å². The minimum absolute atomic E-state index is 0.279. The number of aldehydes is 1. The van der Waals surface area contributed by atoms with Crippen molar-refractivity contribution in [2.75, 3.05) is 13.2 Å². The van der Waals surface area contributed by atoms with Crippen molar-refractivity contribution in [1.82, 2.24) is 4.90 Å². The summed E-state index contributed by atoms with van der Waals surface area (Å²) in [5, 5.41) is 0. The Bertz CT molecular complexity index is 272. The Kier molecular flexibility index (Phi) is 3.91. The molecule has 0 radical (unpaired) electrons. The summed E-state index contributed by atoms with van der Waals surface area (Å²) in [4.78, 5) is 24.2. The first-order chi connectivity index (χ1) is 7.35. The SMILES string of the molecule is C[C@@H]1OCCN(C(=O)OC(C)(C)C)[C@H]1C=O. The van der Waals surface area contributed by atoms with Gasteiger partial charge in [0.2, 0.25) is 0 Å². The highest BCUT2D eigenvalue weighted by Crippen LogP contribution is 2.16. The lowest BCUT2D eigenvalue weighted by Gasteiger charge is -2.37. The predicted molar refractivity (Wildman–Crippen MR) is 58.2 cm³/mol. The van der Waals surface area contributed by atoms with E-state index in [0.717, 1.165) is 6.29 Å². The largest absolute Gasteiger partial charge is 0.444 e. The molecule has 0 unspecified atom stereocenters. The Morgan fingerprint density at radius 1 is 1.50 bits per heavy atom. The minimum atomic E-state index is -0.552. The molecule has 0 aliphatic carbocycles. The molecule has 5 heteroatoms. The average molecular weight is 229 g/mol. The molecule has 0 bridgehead atoms. The third kappa shape index (κ3) is 3.20. The van der Waals surface area contributed by atoms with Crippen molar-refractivity contribution in [3.8, 4) is 0 Å². The molecular formula is C11H19NO4. The van der Waals surface area contributed by atoms with Gasteiger partial charge in [0.15, 0.2) is 0 Å². The Morgan fingerprint density at radius 3 is 2.62 bits per heavy atom. The molecule has 0 saturated carbocycles. The summed E-state index contributed by atoms with van der Waals surface area (Å²) < 4.78 is 10.5. The maximum Gasteiger partial charge on any atom is 0.411 e. The fourth-order valence-corrected chi connectivity index (χ4v) is 1.56. The highest BCUT2D eigenvalue weighted by atomic mass is 16.6. The van der Waals surface area contributed by atoms with Crippen LogP contribution < -0.4 is 0 Å². The van der Waals surface area contributed by atoms with Crippen molar-refractivity contribution in [3.63, 3.8) is 0 Å². The second-order valence-corrected chi connectivity index (χ2v) is 4.88. The van der Waals surface area contributed by atoms with Crippen LogP contribution in [0, 0.1) is 0 Å². The summed E-state index contributed by atoms with van der Waals surface area (Å²) in [6.45, 7) is 7.99. The summed E-state index contributed by atoms with van der Waals surface area (Å²) in [6.07, 6.45) is -0.00758. The smallest absolute Gasteiger partial charge is 0.411 e. The number of hydrogen-bond donors (Lipinski definition) is 0. The quantitative estimate of drug-likeness (QED) is 0.634. The van der Waals surface area contributed by atoms with Crippen LogP contribution in [-0.2, 0) is 14.3 Å². The third-order valence-electron chi connectivity index (χ3n) is 2.32. The van der Waals surface area contributed by atoms with E-state index in [2.05, 4.69) is 0 Å². The minimum Gasteiger partial charge on any atom is -0.444 e. The van der Waals surface area contributed by atoms with Gasteiger partial charge in [-0.15, -0.1) is 0 Å². The molecule has 2 atom stereocenters. The predicted octanol–water partition coefficient (Wildman–Crippen LogP) is 1.21. The summed E-state index contributed by atoms with van der Waals surface area (Å²) >= 11 is 0. The van der Waals surface area contributed by atoms with Gasteiger partial charge in [-0.3, -0.25) is 4.90 Å². The van der Waals surface area contributed by atoms with E-state index >= 15 is 0 Å². The molecule has 5 nitrogen and oxygen atoms in total. The van der Waals surface area contributed by atoms with Crippen LogP contribution in [0.5, 0.6) is 0 Å². The highest BCUT2D eigenvalue weighted by Gasteiger charge is 2.34. The molecule has 0 N–H and O–H groups in total. The Labute approximate surface area is 95.7 Å². The number of carbonyl (C=O) groups excluding carboxylic acids is 2.